The van der Waals surface area contributed by atoms with E-state index >= 15 is 0 Å². The zero-order valence-corrected chi connectivity index (χ0v) is 16.4. The largest absolute Gasteiger partial charge is 0.444 e. The molecule has 0 atom stereocenters. The molecule has 0 aliphatic rings. The first-order chi connectivity index (χ1) is 13.4. The van der Waals surface area contributed by atoms with Crippen LogP contribution in [-0.2, 0) is 27.8 Å². The molecule has 7 nitrogen and oxygen atoms in total. The third-order valence-electron chi connectivity index (χ3n) is 4.12. The first kappa shape index (κ1) is 19.8. The molecule has 0 saturated carbocycles. The Bertz CT molecular complexity index is 1060. The Morgan fingerprint density at radius 3 is 2.46 bits per heavy atom. The highest BCUT2D eigenvalue weighted by Crippen LogP contribution is 2.19. The molecule has 146 valence electrons. The summed E-state index contributed by atoms with van der Waals surface area (Å²) >= 11 is 0. The van der Waals surface area contributed by atoms with E-state index in [0.29, 0.717) is 17.1 Å². The van der Waals surface area contributed by atoms with Gasteiger partial charge in [-0.05, 0) is 23.8 Å². The molecule has 0 saturated heterocycles. The van der Waals surface area contributed by atoms with Crippen LogP contribution in [0.25, 0.3) is 11.5 Å². The summed E-state index contributed by atoms with van der Waals surface area (Å²) in [5, 5.41) is 2.74. The van der Waals surface area contributed by atoms with Crippen LogP contribution in [0.15, 0.2) is 70.2 Å². The number of oxazole rings is 1. The predicted molar refractivity (Wildman–Crippen MR) is 105 cm³/mol. The number of aromatic nitrogens is 1. The number of carbonyl (C=O) groups excluding carboxylic acids is 1. The lowest BCUT2D eigenvalue weighted by Gasteiger charge is -2.15. The third-order valence-corrected chi connectivity index (χ3v) is 6.04. The molecule has 0 unspecified atom stereocenters. The number of nitrogens with zero attached hydrogens (tertiary/aromatic N) is 2. The van der Waals surface area contributed by atoms with Crippen molar-refractivity contribution in [1.29, 1.82) is 0 Å². The van der Waals surface area contributed by atoms with Crippen molar-refractivity contribution in [2.45, 2.75) is 17.9 Å². The van der Waals surface area contributed by atoms with Crippen molar-refractivity contribution in [2.24, 2.45) is 0 Å². The van der Waals surface area contributed by atoms with Crippen molar-refractivity contribution in [3.63, 3.8) is 0 Å². The van der Waals surface area contributed by atoms with Crippen molar-refractivity contribution >= 4 is 15.9 Å². The van der Waals surface area contributed by atoms with Crippen LogP contribution in [0.1, 0.15) is 11.3 Å². The smallest absolute Gasteiger partial charge is 0.242 e. The Hall–Kier alpha value is -2.97. The van der Waals surface area contributed by atoms with Gasteiger partial charge in [0.2, 0.25) is 21.8 Å². The Labute approximate surface area is 164 Å². The van der Waals surface area contributed by atoms with Gasteiger partial charge in [-0.3, -0.25) is 4.79 Å². The van der Waals surface area contributed by atoms with Crippen molar-refractivity contribution in [1.82, 2.24) is 14.6 Å². The first-order valence-corrected chi connectivity index (χ1v) is 10.1. The lowest BCUT2D eigenvalue weighted by atomic mass is 10.2. The van der Waals surface area contributed by atoms with Gasteiger partial charge in [-0.2, -0.15) is 0 Å². The van der Waals surface area contributed by atoms with E-state index in [0.717, 1.165) is 9.87 Å². The van der Waals surface area contributed by atoms with E-state index in [-0.39, 0.29) is 23.8 Å². The number of sulfonamides is 1. The van der Waals surface area contributed by atoms with Crippen LogP contribution in [0.5, 0.6) is 0 Å². The zero-order chi connectivity index (χ0) is 20.1. The Kier molecular flexibility index (Phi) is 5.91. The Morgan fingerprint density at radius 1 is 1.07 bits per heavy atom. The average Bonchev–Trinajstić information content (AvgIpc) is 3.15. The molecule has 0 spiro atoms. The van der Waals surface area contributed by atoms with Crippen LogP contribution in [0.3, 0.4) is 0 Å². The molecular formula is C20H21N3O4S. The van der Waals surface area contributed by atoms with E-state index in [1.165, 1.54) is 26.4 Å². The van der Waals surface area contributed by atoms with Gasteiger partial charge in [0.15, 0.2) is 0 Å². The van der Waals surface area contributed by atoms with Crippen LogP contribution >= 0.6 is 0 Å². The summed E-state index contributed by atoms with van der Waals surface area (Å²) < 4.78 is 31.4. The second kappa shape index (κ2) is 8.37. The predicted octanol–water partition coefficient (Wildman–Crippen LogP) is 2.45. The lowest BCUT2D eigenvalue weighted by molar-refractivity contribution is -0.120. The number of nitrogens with one attached hydrogen (secondary N) is 1. The molecule has 0 fully saturated rings. The lowest BCUT2D eigenvalue weighted by Crippen LogP contribution is -2.28. The zero-order valence-electron chi connectivity index (χ0n) is 15.6. The molecule has 3 rings (SSSR count). The van der Waals surface area contributed by atoms with Crippen LogP contribution in [0.2, 0.25) is 0 Å². The number of rotatable bonds is 7. The van der Waals surface area contributed by atoms with E-state index in [9.17, 15) is 13.2 Å². The highest BCUT2D eigenvalue weighted by Gasteiger charge is 2.21. The molecule has 28 heavy (non-hydrogen) atoms. The fourth-order valence-corrected chi connectivity index (χ4v) is 3.74. The normalized spacial score (nSPS) is 11.5. The SMILES string of the molecule is CN(C)S(=O)(=O)c1ccccc1CNC(=O)Cc1coc(-c2ccccc2)n1. The van der Waals surface area contributed by atoms with Crippen LogP contribution in [0, 0.1) is 0 Å². The van der Waals surface area contributed by atoms with E-state index in [1.807, 2.05) is 30.3 Å². The molecule has 1 aromatic heterocycles. The summed E-state index contributed by atoms with van der Waals surface area (Å²) in [6.45, 7) is 0.103. The Balaban J connectivity index is 1.65. The second-order valence-corrected chi connectivity index (χ2v) is 8.48. The number of hydrogen-bond acceptors (Lipinski definition) is 5. The van der Waals surface area contributed by atoms with Crippen molar-refractivity contribution in [2.75, 3.05) is 14.1 Å². The average molecular weight is 399 g/mol. The molecule has 3 aromatic rings. The number of hydrogen-bond donors (Lipinski definition) is 1. The van der Waals surface area contributed by atoms with Gasteiger partial charge < -0.3 is 9.73 Å². The standard InChI is InChI=1S/C20H21N3O4S/c1-23(2)28(25,26)18-11-7-6-10-16(18)13-21-19(24)12-17-14-27-20(22-17)15-8-4-3-5-9-15/h3-11,14H,12-13H2,1-2H3,(H,21,24). The van der Waals surface area contributed by atoms with Gasteiger partial charge in [0, 0.05) is 26.2 Å². The van der Waals surface area contributed by atoms with Gasteiger partial charge in [-0.25, -0.2) is 17.7 Å². The second-order valence-electron chi connectivity index (χ2n) is 6.36. The van der Waals surface area contributed by atoms with E-state index in [4.69, 9.17) is 4.42 Å². The number of benzene rings is 2. The van der Waals surface area contributed by atoms with E-state index in [2.05, 4.69) is 10.3 Å². The molecule has 0 bridgehead atoms. The van der Waals surface area contributed by atoms with Gasteiger partial charge >= 0.3 is 0 Å². The quantitative estimate of drug-likeness (QED) is 0.659. The molecular weight excluding hydrogens is 378 g/mol. The number of carbonyl (C=O) groups is 1. The van der Waals surface area contributed by atoms with Gasteiger partial charge in [-0.15, -0.1) is 0 Å². The third kappa shape index (κ3) is 4.47. The maximum atomic E-state index is 12.4. The summed E-state index contributed by atoms with van der Waals surface area (Å²) in [6.07, 6.45) is 1.49. The number of amides is 1. The topological polar surface area (TPSA) is 92.5 Å². The van der Waals surface area contributed by atoms with Gasteiger partial charge in [0.25, 0.3) is 0 Å². The van der Waals surface area contributed by atoms with Crippen molar-refractivity contribution < 1.29 is 17.6 Å². The van der Waals surface area contributed by atoms with Gasteiger partial charge in [0.1, 0.15) is 6.26 Å². The maximum absolute atomic E-state index is 12.4. The molecule has 2 aromatic carbocycles. The minimum atomic E-state index is -3.59. The van der Waals surface area contributed by atoms with Crippen molar-refractivity contribution in [3.05, 3.63) is 72.1 Å². The summed E-state index contributed by atoms with van der Waals surface area (Å²) in [7, 11) is -0.643. The van der Waals surface area contributed by atoms with Crippen LogP contribution < -0.4 is 5.32 Å². The highest BCUT2D eigenvalue weighted by molar-refractivity contribution is 7.89. The molecule has 8 heteroatoms. The Morgan fingerprint density at radius 2 is 1.75 bits per heavy atom. The molecule has 0 aliphatic carbocycles. The summed E-state index contributed by atoms with van der Waals surface area (Å²) in [4.78, 5) is 16.8. The monoisotopic (exact) mass is 399 g/mol. The molecule has 0 radical (unpaired) electrons. The summed E-state index contributed by atoms with van der Waals surface area (Å²) in [5.41, 5.74) is 1.86. The van der Waals surface area contributed by atoms with E-state index < -0.39 is 10.0 Å². The van der Waals surface area contributed by atoms with E-state index in [1.54, 1.807) is 18.2 Å². The molecule has 0 aliphatic heterocycles. The minimum Gasteiger partial charge on any atom is -0.444 e. The fraction of sp³-hybridized carbons (Fsp3) is 0.200. The maximum Gasteiger partial charge on any atom is 0.242 e. The molecule has 1 amide bonds. The first-order valence-electron chi connectivity index (χ1n) is 8.65. The van der Waals surface area contributed by atoms with Gasteiger partial charge in [-0.1, -0.05) is 36.4 Å². The highest BCUT2D eigenvalue weighted by atomic mass is 32.2. The fourth-order valence-electron chi connectivity index (χ4n) is 2.62. The summed E-state index contributed by atoms with van der Waals surface area (Å²) in [5.74, 6) is 0.177. The van der Waals surface area contributed by atoms with Crippen LogP contribution in [0.4, 0.5) is 0 Å². The minimum absolute atomic E-state index is 0.0406. The summed E-state index contributed by atoms with van der Waals surface area (Å²) in [6, 6.07) is 16.0. The van der Waals surface area contributed by atoms with Crippen molar-refractivity contribution in [3.8, 4) is 11.5 Å². The molecule has 1 N–H and O–H groups in total. The molecule has 1 heterocycles. The van der Waals surface area contributed by atoms with Gasteiger partial charge in [0.05, 0.1) is 17.0 Å². The van der Waals surface area contributed by atoms with Crippen LogP contribution in [-0.4, -0.2) is 37.7 Å².